The van der Waals surface area contributed by atoms with Gasteiger partial charge < -0.3 is 14.2 Å². The van der Waals surface area contributed by atoms with Crippen LogP contribution in [0.5, 0.6) is 0 Å². The van der Waals surface area contributed by atoms with Crippen LogP contribution in [-0.2, 0) is 23.8 Å². The molecule has 5 nitrogen and oxygen atoms in total. The molecule has 0 bridgehead atoms. The highest BCUT2D eigenvalue weighted by Gasteiger charge is 2.61. The van der Waals surface area contributed by atoms with Gasteiger partial charge in [-0.15, -0.1) is 6.58 Å². The summed E-state index contributed by atoms with van der Waals surface area (Å²) < 4.78 is 15.5. The number of halogens is 1. The van der Waals surface area contributed by atoms with Crippen molar-refractivity contribution in [3.05, 3.63) is 47.5 Å². The molecule has 1 aromatic rings. The smallest absolute Gasteiger partial charge is 0.326 e. The lowest BCUT2D eigenvalue weighted by Crippen LogP contribution is -2.43. The standard InChI is InChI=1S/C16H17ClO5/c1-4-12-9-16(14(18)20-2,15(19)21-3)13(22-12)10-5-7-11(17)8-6-10/h4-8,12-13H,1,9H2,2-3H3/t12-,13+/m0/s1. The van der Waals surface area contributed by atoms with Crippen LogP contribution in [0.2, 0.25) is 5.02 Å². The molecule has 1 saturated heterocycles. The number of hydrogen-bond acceptors (Lipinski definition) is 5. The van der Waals surface area contributed by atoms with Crippen LogP contribution in [0.4, 0.5) is 0 Å². The predicted molar refractivity (Wildman–Crippen MR) is 80.3 cm³/mol. The summed E-state index contributed by atoms with van der Waals surface area (Å²) in [6.45, 7) is 3.67. The van der Waals surface area contributed by atoms with Crippen molar-refractivity contribution in [3.8, 4) is 0 Å². The number of hydrogen-bond donors (Lipinski definition) is 0. The first-order valence-corrected chi connectivity index (χ1v) is 7.07. The van der Waals surface area contributed by atoms with Crippen molar-refractivity contribution in [3.63, 3.8) is 0 Å². The molecular weight excluding hydrogens is 308 g/mol. The van der Waals surface area contributed by atoms with Crippen LogP contribution in [0.15, 0.2) is 36.9 Å². The number of esters is 2. The van der Waals surface area contributed by atoms with Crippen LogP contribution >= 0.6 is 11.6 Å². The molecule has 0 saturated carbocycles. The molecule has 1 heterocycles. The van der Waals surface area contributed by atoms with Crippen LogP contribution in [0, 0.1) is 5.41 Å². The average Bonchev–Trinajstić information content (AvgIpc) is 2.95. The summed E-state index contributed by atoms with van der Waals surface area (Å²) in [6.07, 6.45) is 0.381. The van der Waals surface area contributed by atoms with E-state index in [1.54, 1.807) is 30.3 Å². The highest BCUT2D eigenvalue weighted by Crippen LogP contribution is 2.50. The van der Waals surface area contributed by atoms with E-state index in [4.69, 9.17) is 25.8 Å². The molecule has 1 fully saturated rings. The van der Waals surface area contributed by atoms with Crippen molar-refractivity contribution < 1.29 is 23.8 Å². The van der Waals surface area contributed by atoms with Gasteiger partial charge in [-0.3, -0.25) is 9.59 Å². The maximum atomic E-state index is 12.4. The van der Waals surface area contributed by atoms with Gasteiger partial charge in [0.25, 0.3) is 0 Å². The van der Waals surface area contributed by atoms with Crippen molar-refractivity contribution in [1.82, 2.24) is 0 Å². The van der Waals surface area contributed by atoms with E-state index in [0.717, 1.165) is 0 Å². The molecule has 0 aromatic heterocycles. The SMILES string of the molecule is C=C[C@H]1CC(C(=O)OC)(C(=O)OC)[C@@H](c2ccc(Cl)cc2)O1. The molecule has 1 aliphatic rings. The highest BCUT2D eigenvalue weighted by molar-refractivity contribution is 6.30. The second kappa shape index (κ2) is 6.50. The number of carbonyl (C=O) groups is 2. The van der Waals surface area contributed by atoms with Gasteiger partial charge in [0.15, 0.2) is 5.41 Å². The zero-order chi connectivity index (χ0) is 16.3. The number of carbonyl (C=O) groups excluding carboxylic acids is 2. The molecule has 1 aliphatic heterocycles. The fourth-order valence-corrected chi connectivity index (χ4v) is 2.86. The van der Waals surface area contributed by atoms with E-state index in [1.165, 1.54) is 14.2 Å². The fraction of sp³-hybridized carbons (Fsp3) is 0.375. The lowest BCUT2D eigenvalue weighted by atomic mass is 9.77. The monoisotopic (exact) mass is 324 g/mol. The van der Waals surface area contributed by atoms with Crippen LogP contribution < -0.4 is 0 Å². The van der Waals surface area contributed by atoms with Crippen LogP contribution in [-0.4, -0.2) is 32.3 Å². The van der Waals surface area contributed by atoms with Gasteiger partial charge in [0.05, 0.1) is 20.3 Å². The quantitative estimate of drug-likeness (QED) is 0.484. The molecule has 2 rings (SSSR count). The lowest BCUT2D eigenvalue weighted by molar-refractivity contribution is -0.173. The number of rotatable bonds is 4. The van der Waals surface area contributed by atoms with E-state index < -0.39 is 29.6 Å². The normalized spacial score (nSPS) is 22.9. The molecule has 0 amide bonds. The number of benzene rings is 1. The van der Waals surface area contributed by atoms with Crippen molar-refractivity contribution >= 4 is 23.5 Å². The molecule has 0 N–H and O–H groups in total. The molecule has 6 heteroatoms. The minimum atomic E-state index is -1.56. The van der Waals surface area contributed by atoms with Gasteiger partial charge in [-0.1, -0.05) is 29.8 Å². The zero-order valence-corrected chi connectivity index (χ0v) is 13.1. The second-order valence-corrected chi connectivity index (χ2v) is 5.44. The Bertz CT molecular complexity index is 565. The molecule has 2 atom stereocenters. The maximum absolute atomic E-state index is 12.4. The first-order chi connectivity index (χ1) is 10.5. The van der Waals surface area contributed by atoms with Crippen molar-refractivity contribution in [1.29, 1.82) is 0 Å². The second-order valence-electron chi connectivity index (χ2n) is 5.00. The molecule has 22 heavy (non-hydrogen) atoms. The summed E-state index contributed by atoms with van der Waals surface area (Å²) >= 11 is 5.88. The van der Waals surface area contributed by atoms with Crippen molar-refractivity contribution in [2.45, 2.75) is 18.6 Å². The Hall–Kier alpha value is -1.85. The minimum Gasteiger partial charge on any atom is -0.468 e. The van der Waals surface area contributed by atoms with Gasteiger partial charge in [-0.2, -0.15) is 0 Å². The summed E-state index contributed by atoms with van der Waals surface area (Å²) in [5.74, 6) is -1.38. The van der Waals surface area contributed by atoms with Crippen molar-refractivity contribution in [2.24, 2.45) is 5.41 Å². The molecular formula is C16H17ClO5. The van der Waals surface area contributed by atoms with Gasteiger partial charge in [0, 0.05) is 11.4 Å². The number of ether oxygens (including phenoxy) is 3. The summed E-state index contributed by atoms with van der Waals surface area (Å²) in [4.78, 5) is 24.8. The molecule has 1 aromatic carbocycles. The summed E-state index contributed by atoms with van der Waals surface area (Å²) in [5, 5.41) is 0.545. The van der Waals surface area contributed by atoms with Gasteiger partial charge in [0.1, 0.15) is 6.10 Å². The summed E-state index contributed by atoms with van der Waals surface area (Å²) in [5.41, 5.74) is -0.916. The Morgan fingerprint density at radius 3 is 2.27 bits per heavy atom. The van der Waals surface area contributed by atoms with Gasteiger partial charge in [0.2, 0.25) is 0 Å². The van der Waals surface area contributed by atoms with E-state index in [0.29, 0.717) is 10.6 Å². The molecule has 0 aliphatic carbocycles. The minimum absolute atomic E-state index is 0.114. The highest BCUT2D eigenvalue weighted by atomic mass is 35.5. The Balaban J connectivity index is 2.55. The fourth-order valence-electron chi connectivity index (χ4n) is 2.73. The van der Waals surface area contributed by atoms with E-state index in [2.05, 4.69) is 6.58 Å². The predicted octanol–water partition coefficient (Wildman–Crippen LogP) is 2.69. The molecule has 0 radical (unpaired) electrons. The Kier molecular flexibility index (Phi) is 4.88. The van der Waals surface area contributed by atoms with E-state index in [-0.39, 0.29) is 6.42 Å². The summed E-state index contributed by atoms with van der Waals surface area (Å²) in [7, 11) is 2.46. The van der Waals surface area contributed by atoms with Crippen LogP contribution in [0.3, 0.4) is 0 Å². The van der Waals surface area contributed by atoms with E-state index in [1.807, 2.05) is 0 Å². The zero-order valence-electron chi connectivity index (χ0n) is 12.4. The van der Waals surface area contributed by atoms with Crippen LogP contribution in [0.25, 0.3) is 0 Å². The molecule has 0 unspecified atom stereocenters. The Labute approximate surface area is 133 Å². The largest absolute Gasteiger partial charge is 0.468 e. The topological polar surface area (TPSA) is 61.8 Å². The average molecular weight is 325 g/mol. The van der Waals surface area contributed by atoms with Crippen LogP contribution in [0.1, 0.15) is 18.1 Å². The first-order valence-electron chi connectivity index (χ1n) is 6.70. The third-order valence-electron chi connectivity index (χ3n) is 3.82. The van der Waals surface area contributed by atoms with E-state index >= 15 is 0 Å². The molecule has 118 valence electrons. The van der Waals surface area contributed by atoms with Gasteiger partial charge in [-0.25, -0.2) is 0 Å². The Morgan fingerprint density at radius 2 is 1.82 bits per heavy atom. The van der Waals surface area contributed by atoms with E-state index in [9.17, 15) is 9.59 Å². The summed E-state index contributed by atoms with van der Waals surface area (Å²) in [6, 6.07) is 6.75. The number of methoxy groups -OCH3 is 2. The maximum Gasteiger partial charge on any atom is 0.326 e. The first kappa shape index (κ1) is 16.5. The lowest BCUT2D eigenvalue weighted by Gasteiger charge is -2.28. The van der Waals surface area contributed by atoms with Gasteiger partial charge >= 0.3 is 11.9 Å². The van der Waals surface area contributed by atoms with Gasteiger partial charge in [-0.05, 0) is 17.7 Å². The Morgan fingerprint density at radius 1 is 1.27 bits per heavy atom. The third kappa shape index (κ3) is 2.62. The molecule has 0 spiro atoms. The third-order valence-corrected chi connectivity index (χ3v) is 4.07. The van der Waals surface area contributed by atoms with Crippen molar-refractivity contribution in [2.75, 3.05) is 14.2 Å².